The van der Waals surface area contributed by atoms with Gasteiger partial charge in [0.2, 0.25) is 5.28 Å². The SMILES string of the molecule is Fc1c(Cl)ncc2c(N3CCOCC4[C@@H](F)[C@H]43)nc(Cl)nc12. The first-order valence-electron chi connectivity index (χ1n) is 6.73. The summed E-state index contributed by atoms with van der Waals surface area (Å²) in [5.74, 6) is -0.602. The Morgan fingerprint density at radius 3 is 2.95 bits per heavy atom. The summed E-state index contributed by atoms with van der Waals surface area (Å²) in [7, 11) is 0. The first-order chi connectivity index (χ1) is 10.6. The molecule has 2 aromatic heterocycles. The average molecular weight is 347 g/mol. The summed E-state index contributed by atoms with van der Waals surface area (Å²) in [5, 5.41) is -0.0624. The van der Waals surface area contributed by atoms with Crippen LogP contribution in [0.5, 0.6) is 0 Å². The smallest absolute Gasteiger partial charge is 0.225 e. The number of rotatable bonds is 1. The highest BCUT2D eigenvalue weighted by molar-refractivity contribution is 6.30. The Balaban J connectivity index is 1.89. The Hall–Kier alpha value is -1.31. The molecule has 0 aromatic carbocycles. The number of ether oxygens (including phenoxy) is 1. The van der Waals surface area contributed by atoms with Gasteiger partial charge in [0, 0.05) is 18.7 Å². The van der Waals surface area contributed by atoms with Crippen molar-refractivity contribution in [1.82, 2.24) is 15.0 Å². The van der Waals surface area contributed by atoms with Crippen LogP contribution < -0.4 is 4.90 Å². The lowest BCUT2D eigenvalue weighted by molar-refractivity contribution is 0.131. The molecule has 2 fully saturated rings. The molecule has 0 amide bonds. The van der Waals surface area contributed by atoms with Crippen LogP contribution in [0.1, 0.15) is 0 Å². The molecule has 3 atom stereocenters. The largest absolute Gasteiger partial charge is 0.379 e. The van der Waals surface area contributed by atoms with E-state index in [9.17, 15) is 8.78 Å². The minimum atomic E-state index is -0.991. The third-order valence-corrected chi connectivity index (χ3v) is 4.48. The summed E-state index contributed by atoms with van der Waals surface area (Å²) in [6, 6.07) is -0.338. The molecular formula is C13H10Cl2F2N4O. The highest BCUT2D eigenvalue weighted by Gasteiger charge is 2.56. The van der Waals surface area contributed by atoms with Crippen molar-refractivity contribution >= 4 is 39.9 Å². The number of aromatic nitrogens is 3. The van der Waals surface area contributed by atoms with Crippen molar-refractivity contribution in [3.05, 3.63) is 22.5 Å². The lowest BCUT2D eigenvalue weighted by Gasteiger charge is -2.23. The van der Waals surface area contributed by atoms with Crippen molar-refractivity contribution < 1.29 is 13.5 Å². The lowest BCUT2D eigenvalue weighted by Crippen LogP contribution is -2.31. The van der Waals surface area contributed by atoms with Gasteiger partial charge in [-0.15, -0.1) is 0 Å². The van der Waals surface area contributed by atoms with Crippen LogP contribution >= 0.6 is 23.2 Å². The summed E-state index contributed by atoms with van der Waals surface area (Å²) in [5.41, 5.74) is -0.0206. The molecule has 0 spiro atoms. The number of hydrogen-bond donors (Lipinski definition) is 0. The molecule has 1 aliphatic heterocycles. The van der Waals surface area contributed by atoms with Gasteiger partial charge in [-0.25, -0.2) is 18.7 Å². The highest BCUT2D eigenvalue weighted by atomic mass is 35.5. The zero-order valence-electron chi connectivity index (χ0n) is 11.1. The second-order valence-corrected chi connectivity index (χ2v) is 6.00. The fourth-order valence-electron chi connectivity index (χ4n) is 2.90. The average Bonchev–Trinajstić information content (AvgIpc) is 3.18. The maximum absolute atomic E-state index is 14.1. The van der Waals surface area contributed by atoms with Crippen molar-refractivity contribution in [1.29, 1.82) is 0 Å². The van der Waals surface area contributed by atoms with Crippen LogP contribution in [0, 0.1) is 11.7 Å². The molecule has 22 heavy (non-hydrogen) atoms. The Bertz CT molecular complexity index is 762. The van der Waals surface area contributed by atoms with Crippen LogP contribution in [0.4, 0.5) is 14.6 Å². The van der Waals surface area contributed by atoms with E-state index in [4.69, 9.17) is 27.9 Å². The number of halogens is 4. The van der Waals surface area contributed by atoms with Gasteiger partial charge in [0.1, 0.15) is 17.5 Å². The van der Waals surface area contributed by atoms with Gasteiger partial charge >= 0.3 is 0 Å². The van der Waals surface area contributed by atoms with Gasteiger partial charge in [-0.1, -0.05) is 11.6 Å². The maximum atomic E-state index is 14.1. The van der Waals surface area contributed by atoms with Crippen molar-refractivity contribution in [3.63, 3.8) is 0 Å². The van der Waals surface area contributed by atoms with Gasteiger partial charge in [-0.3, -0.25) is 0 Å². The third-order valence-electron chi connectivity index (χ3n) is 4.05. The number of fused-ring (bicyclic) bond motifs is 2. The molecule has 0 radical (unpaired) electrons. The fraction of sp³-hybridized carbons (Fsp3) is 0.462. The third kappa shape index (κ3) is 2.11. The molecule has 3 heterocycles. The number of anilines is 1. The van der Waals surface area contributed by atoms with E-state index in [-0.39, 0.29) is 27.9 Å². The van der Waals surface area contributed by atoms with Gasteiger partial charge in [0.05, 0.1) is 24.6 Å². The van der Waals surface area contributed by atoms with Crippen molar-refractivity contribution in [2.75, 3.05) is 24.7 Å². The molecule has 0 bridgehead atoms. The number of nitrogens with zero attached hydrogens (tertiary/aromatic N) is 4. The van der Waals surface area contributed by atoms with Crippen LogP contribution in [0.25, 0.3) is 10.9 Å². The summed E-state index contributed by atoms with van der Waals surface area (Å²) < 4.78 is 33.4. The Morgan fingerprint density at radius 2 is 2.14 bits per heavy atom. The van der Waals surface area contributed by atoms with Crippen LogP contribution in [0.15, 0.2) is 6.20 Å². The van der Waals surface area contributed by atoms with E-state index in [0.29, 0.717) is 31.0 Å². The normalized spacial score (nSPS) is 27.6. The molecule has 1 unspecified atom stereocenters. The zero-order valence-corrected chi connectivity index (χ0v) is 12.7. The molecular weight excluding hydrogens is 337 g/mol. The van der Waals surface area contributed by atoms with Crippen molar-refractivity contribution in [2.24, 2.45) is 5.92 Å². The monoisotopic (exact) mass is 346 g/mol. The van der Waals surface area contributed by atoms with Crippen LogP contribution in [-0.2, 0) is 4.74 Å². The Labute approximate surface area is 134 Å². The Morgan fingerprint density at radius 1 is 1.32 bits per heavy atom. The van der Waals surface area contributed by atoms with E-state index in [0.717, 1.165) is 0 Å². The van der Waals surface area contributed by atoms with E-state index in [1.54, 1.807) is 4.90 Å². The molecule has 9 heteroatoms. The van der Waals surface area contributed by atoms with Crippen molar-refractivity contribution in [3.8, 4) is 0 Å². The second kappa shape index (κ2) is 5.11. The molecule has 2 aromatic rings. The number of pyridine rings is 1. The van der Waals surface area contributed by atoms with E-state index >= 15 is 0 Å². The molecule has 4 rings (SSSR count). The minimum Gasteiger partial charge on any atom is -0.379 e. The zero-order chi connectivity index (χ0) is 15.4. The van der Waals surface area contributed by atoms with Crippen LogP contribution in [0.2, 0.25) is 10.4 Å². The molecule has 1 aliphatic carbocycles. The molecule has 2 aliphatic rings. The predicted molar refractivity (Wildman–Crippen MR) is 77.7 cm³/mol. The topological polar surface area (TPSA) is 51.1 Å². The van der Waals surface area contributed by atoms with Gasteiger partial charge in [0.25, 0.3) is 0 Å². The van der Waals surface area contributed by atoms with E-state index in [1.165, 1.54) is 6.20 Å². The van der Waals surface area contributed by atoms with Gasteiger partial charge in [-0.2, -0.15) is 4.98 Å². The van der Waals surface area contributed by atoms with Gasteiger partial charge < -0.3 is 9.64 Å². The van der Waals surface area contributed by atoms with Crippen LogP contribution in [-0.4, -0.2) is 46.9 Å². The molecule has 5 nitrogen and oxygen atoms in total. The van der Waals surface area contributed by atoms with Gasteiger partial charge in [0.15, 0.2) is 11.0 Å². The number of alkyl halides is 1. The van der Waals surface area contributed by atoms with E-state index < -0.39 is 12.0 Å². The highest BCUT2D eigenvalue weighted by Crippen LogP contribution is 2.44. The predicted octanol–water partition coefficient (Wildman–Crippen LogP) is 2.64. The first kappa shape index (κ1) is 14.3. The second-order valence-electron chi connectivity index (χ2n) is 5.31. The molecule has 116 valence electrons. The Kier molecular flexibility index (Phi) is 3.32. The maximum Gasteiger partial charge on any atom is 0.225 e. The van der Waals surface area contributed by atoms with Gasteiger partial charge in [-0.05, 0) is 11.6 Å². The quantitative estimate of drug-likeness (QED) is 0.586. The standard InChI is InChI=1S/C13H10Cl2F2N4O/c14-11-8(17)9-5(3-18-11)12(20-13(15)19-9)21-1-2-22-4-6-7(16)10(6)21/h3,6-7,10H,1-2,4H2/t6?,7-,10+/m1/s1. The van der Waals surface area contributed by atoms with E-state index in [2.05, 4.69) is 15.0 Å². The summed E-state index contributed by atoms with van der Waals surface area (Å²) in [6.45, 7) is 1.25. The lowest BCUT2D eigenvalue weighted by atomic mass is 10.2. The van der Waals surface area contributed by atoms with Crippen molar-refractivity contribution in [2.45, 2.75) is 12.2 Å². The number of hydrogen-bond acceptors (Lipinski definition) is 5. The fourth-order valence-corrected chi connectivity index (χ4v) is 3.20. The molecule has 1 saturated heterocycles. The summed E-state index contributed by atoms with van der Waals surface area (Å²) in [6.07, 6.45) is 0.386. The minimum absolute atomic E-state index is 0.0206. The first-order valence-corrected chi connectivity index (χ1v) is 7.49. The molecule has 1 saturated carbocycles. The van der Waals surface area contributed by atoms with E-state index in [1.807, 2.05) is 0 Å². The molecule has 0 N–H and O–H groups in total. The summed E-state index contributed by atoms with van der Waals surface area (Å²) in [4.78, 5) is 13.6. The van der Waals surface area contributed by atoms with Crippen LogP contribution in [0.3, 0.4) is 0 Å². The summed E-state index contributed by atoms with van der Waals surface area (Å²) >= 11 is 11.6.